The summed E-state index contributed by atoms with van der Waals surface area (Å²) in [5.74, 6) is 1.07. The highest BCUT2D eigenvalue weighted by Gasteiger charge is 2.16. The zero-order chi connectivity index (χ0) is 9.52. The minimum Gasteiger partial charge on any atom is -0.464 e. The molecular formula is C10H17ClO2. The van der Waals surface area contributed by atoms with Gasteiger partial charge < -0.3 is 4.74 Å². The van der Waals surface area contributed by atoms with E-state index >= 15 is 0 Å². The van der Waals surface area contributed by atoms with Crippen molar-refractivity contribution in [3.8, 4) is 0 Å². The summed E-state index contributed by atoms with van der Waals surface area (Å²) in [6.07, 6.45) is 6.83. The molecule has 0 aromatic heterocycles. The Labute approximate surface area is 84.6 Å². The molecule has 0 unspecified atom stereocenters. The van der Waals surface area contributed by atoms with Gasteiger partial charge in [0.2, 0.25) is 0 Å². The molecule has 2 nitrogen and oxygen atoms in total. The molecule has 1 aliphatic carbocycles. The van der Waals surface area contributed by atoms with E-state index in [0.717, 1.165) is 12.3 Å². The number of rotatable bonds is 5. The summed E-state index contributed by atoms with van der Waals surface area (Å²) >= 11 is 5.40. The minimum absolute atomic E-state index is 0.0902. The Balaban J connectivity index is 2.00. The second-order valence-electron chi connectivity index (χ2n) is 3.60. The van der Waals surface area contributed by atoms with Gasteiger partial charge in [-0.3, -0.25) is 4.79 Å². The van der Waals surface area contributed by atoms with E-state index in [1.54, 1.807) is 0 Å². The number of hydrogen-bond donors (Lipinski definition) is 0. The van der Waals surface area contributed by atoms with E-state index in [9.17, 15) is 4.79 Å². The van der Waals surface area contributed by atoms with E-state index in [0.29, 0.717) is 18.9 Å². The van der Waals surface area contributed by atoms with Crippen LogP contribution in [0.4, 0.5) is 0 Å². The Morgan fingerprint density at radius 1 is 1.38 bits per heavy atom. The van der Waals surface area contributed by atoms with Crippen LogP contribution in [0.15, 0.2) is 0 Å². The smallest absolute Gasteiger partial charge is 0.305 e. The topological polar surface area (TPSA) is 26.3 Å². The number of hydrogen-bond acceptors (Lipinski definition) is 2. The van der Waals surface area contributed by atoms with Crippen molar-refractivity contribution in [3.05, 3.63) is 0 Å². The van der Waals surface area contributed by atoms with E-state index in [-0.39, 0.29) is 5.97 Å². The lowest BCUT2D eigenvalue weighted by Crippen LogP contribution is -2.08. The quantitative estimate of drug-likeness (QED) is 0.509. The lowest BCUT2D eigenvalue weighted by molar-refractivity contribution is -0.143. The lowest BCUT2D eigenvalue weighted by Gasteiger charge is -2.07. The molecule has 0 atom stereocenters. The molecular weight excluding hydrogens is 188 g/mol. The predicted octanol–water partition coefficient (Wildman–Crippen LogP) is 2.74. The van der Waals surface area contributed by atoms with Gasteiger partial charge in [0.05, 0.1) is 5.88 Å². The predicted molar refractivity (Wildman–Crippen MR) is 52.9 cm³/mol. The van der Waals surface area contributed by atoms with Gasteiger partial charge in [0.1, 0.15) is 6.61 Å². The number of esters is 1. The highest BCUT2D eigenvalue weighted by Crippen LogP contribution is 2.28. The summed E-state index contributed by atoms with van der Waals surface area (Å²) in [7, 11) is 0. The molecule has 0 N–H and O–H groups in total. The average Bonchev–Trinajstić information content (AvgIpc) is 2.64. The molecule has 76 valence electrons. The molecule has 1 rings (SSSR count). The van der Waals surface area contributed by atoms with Gasteiger partial charge in [-0.25, -0.2) is 0 Å². The molecule has 0 spiro atoms. The van der Waals surface area contributed by atoms with Crippen molar-refractivity contribution in [3.63, 3.8) is 0 Å². The summed E-state index contributed by atoms with van der Waals surface area (Å²) in [4.78, 5) is 11.1. The Bertz CT molecular complexity index is 153. The third kappa shape index (κ3) is 4.51. The van der Waals surface area contributed by atoms with Gasteiger partial charge in [-0.05, 0) is 12.3 Å². The summed E-state index contributed by atoms with van der Waals surface area (Å²) in [5, 5.41) is 0. The van der Waals surface area contributed by atoms with Crippen LogP contribution in [0, 0.1) is 5.92 Å². The maximum absolute atomic E-state index is 11.1. The highest BCUT2D eigenvalue weighted by atomic mass is 35.5. The van der Waals surface area contributed by atoms with Crippen molar-refractivity contribution in [1.82, 2.24) is 0 Å². The van der Waals surface area contributed by atoms with Crippen LogP contribution in [-0.4, -0.2) is 18.5 Å². The Kier molecular flexibility index (Phi) is 5.21. The highest BCUT2D eigenvalue weighted by molar-refractivity contribution is 6.18. The normalized spacial score (nSPS) is 17.6. The van der Waals surface area contributed by atoms with Crippen molar-refractivity contribution < 1.29 is 9.53 Å². The maximum Gasteiger partial charge on any atom is 0.305 e. The molecule has 0 radical (unpaired) electrons. The maximum atomic E-state index is 11.1. The van der Waals surface area contributed by atoms with Gasteiger partial charge in [-0.2, -0.15) is 0 Å². The second kappa shape index (κ2) is 6.25. The fraction of sp³-hybridized carbons (Fsp3) is 0.900. The number of carbonyl (C=O) groups excluding carboxylic acids is 1. The number of carbonyl (C=O) groups is 1. The van der Waals surface area contributed by atoms with E-state index in [1.807, 2.05) is 0 Å². The van der Waals surface area contributed by atoms with Crippen LogP contribution in [0.25, 0.3) is 0 Å². The Hall–Kier alpha value is -0.240. The molecule has 3 heteroatoms. The van der Waals surface area contributed by atoms with Crippen LogP contribution in [-0.2, 0) is 9.53 Å². The number of ether oxygens (including phenoxy) is 1. The van der Waals surface area contributed by atoms with Gasteiger partial charge in [0.25, 0.3) is 0 Å². The van der Waals surface area contributed by atoms with Crippen molar-refractivity contribution >= 4 is 17.6 Å². The van der Waals surface area contributed by atoms with Crippen LogP contribution in [0.2, 0.25) is 0 Å². The fourth-order valence-electron chi connectivity index (χ4n) is 1.85. The summed E-state index contributed by atoms with van der Waals surface area (Å²) < 4.78 is 4.88. The molecule has 0 aliphatic heterocycles. The Morgan fingerprint density at radius 2 is 2.08 bits per heavy atom. The molecule has 0 saturated heterocycles. The zero-order valence-electron chi connectivity index (χ0n) is 7.93. The van der Waals surface area contributed by atoms with Crippen molar-refractivity contribution in [1.29, 1.82) is 0 Å². The lowest BCUT2D eigenvalue weighted by atomic mass is 10.0. The third-order valence-electron chi connectivity index (χ3n) is 2.57. The minimum atomic E-state index is -0.0902. The van der Waals surface area contributed by atoms with Crippen molar-refractivity contribution in [2.75, 3.05) is 12.5 Å². The van der Waals surface area contributed by atoms with E-state index < -0.39 is 0 Å². The van der Waals surface area contributed by atoms with Crippen LogP contribution in [0.1, 0.15) is 38.5 Å². The van der Waals surface area contributed by atoms with Crippen LogP contribution in [0.5, 0.6) is 0 Å². The zero-order valence-corrected chi connectivity index (χ0v) is 8.68. The number of alkyl halides is 1. The first-order chi connectivity index (χ1) is 6.33. The molecule has 0 aromatic carbocycles. The summed E-state index contributed by atoms with van der Waals surface area (Å²) in [5.41, 5.74) is 0. The number of halogens is 1. The van der Waals surface area contributed by atoms with E-state index in [4.69, 9.17) is 16.3 Å². The van der Waals surface area contributed by atoms with Crippen LogP contribution in [0.3, 0.4) is 0 Å². The molecule has 1 aliphatic rings. The molecule has 13 heavy (non-hydrogen) atoms. The molecule has 1 fully saturated rings. The molecule has 0 heterocycles. The first-order valence-corrected chi connectivity index (χ1v) is 5.58. The van der Waals surface area contributed by atoms with E-state index in [1.165, 1.54) is 25.7 Å². The van der Waals surface area contributed by atoms with Gasteiger partial charge in [-0.15, -0.1) is 11.6 Å². The third-order valence-corrected chi connectivity index (χ3v) is 2.73. The summed E-state index contributed by atoms with van der Waals surface area (Å²) in [6, 6.07) is 0. The van der Waals surface area contributed by atoms with Crippen LogP contribution < -0.4 is 0 Å². The SMILES string of the molecule is O=C(CCC1CCCC1)OCCCl. The van der Waals surface area contributed by atoms with Gasteiger partial charge in [0.15, 0.2) is 0 Å². The van der Waals surface area contributed by atoms with Gasteiger partial charge >= 0.3 is 5.97 Å². The van der Waals surface area contributed by atoms with Crippen molar-refractivity contribution in [2.45, 2.75) is 38.5 Å². The fourth-order valence-corrected chi connectivity index (χ4v) is 1.92. The molecule has 0 amide bonds. The largest absolute Gasteiger partial charge is 0.464 e. The molecule has 1 saturated carbocycles. The standard InChI is InChI=1S/C10H17ClO2/c11-7-8-13-10(12)6-5-9-3-1-2-4-9/h9H,1-8H2. The van der Waals surface area contributed by atoms with Crippen LogP contribution >= 0.6 is 11.6 Å². The molecule has 0 bridgehead atoms. The monoisotopic (exact) mass is 204 g/mol. The first kappa shape index (κ1) is 10.8. The summed E-state index contributed by atoms with van der Waals surface area (Å²) in [6.45, 7) is 0.352. The average molecular weight is 205 g/mol. The first-order valence-electron chi connectivity index (χ1n) is 5.04. The van der Waals surface area contributed by atoms with E-state index in [2.05, 4.69) is 0 Å². The van der Waals surface area contributed by atoms with Gasteiger partial charge in [-0.1, -0.05) is 25.7 Å². The van der Waals surface area contributed by atoms with Gasteiger partial charge in [0, 0.05) is 6.42 Å². The molecule has 0 aromatic rings. The van der Waals surface area contributed by atoms with Crippen molar-refractivity contribution in [2.24, 2.45) is 5.92 Å². The second-order valence-corrected chi connectivity index (χ2v) is 3.98. The Morgan fingerprint density at radius 3 is 2.69 bits per heavy atom.